The lowest BCUT2D eigenvalue weighted by Crippen LogP contribution is -2.30. The van der Waals surface area contributed by atoms with Gasteiger partial charge in [0.2, 0.25) is 15.1 Å². The van der Waals surface area contributed by atoms with E-state index in [2.05, 4.69) is 35.6 Å². The van der Waals surface area contributed by atoms with Gasteiger partial charge in [0.1, 0.15) is 11.5 Å². The molecule has 0 spiro atoms. The number of hydrogen-bond donors (Lipinski definition) is 2. The van der Waals surface area contributed by atoms with Crippen molar-refractivity contribution >= 4 is 71.6 Å². The van der Waals surface area contributed by atoms with Crippen molar-refractivity contribution < 1.29 is 52.2 Å². The van der Waals surface area contributed by atoms with E-state index in [1.807, 2.05) is 6.07 Å². The Kier molecular flexibility index (Phi) is 26.6. The number of carboxylic acid groups (broad SMARTS) is 1. The van der Waals surface area contributed by atoms with E-state index in [-0.39, 0.29) is 26.9 Å². The lowest BCUT2D eigenvalue weighted by Gasteiger charge is -2.14. The van der Waals surface area contributed by atoms with Gasteiger partial charge < -0.3 is 29.8 Å². The Bertz CT molecular complexity index is 989. The molecule has 1 unspecified atom stereocenters. The van der Waals surface area contributed by atoms with Gasteiger partial charge in [0.25, 0.3) is 0 Å². The Morgan fingerprint density at radius 1 is 0.925 bits per heavy atom. The first-order valence-corrected chi connectivity index (χ1v) is 13.7. The van der Waals surface area contributed by atoms with Crippen molar-refractivity contribution in [3.05, 3.63) is 60.7 Å². The molecule has 224 valence electrons. The van der Waals surface area contributed by atoms with Crippen molar-refractivity contribution in [1.82, 2.24) is 0 Å². The summed E-state index contributed by atoms with van der Waals surface area (Å²) in [6.45, 7) is 3.00. The normalized spacial score (nSPS) is 9.65. The summed E-state index contributed by atoms with van der Waals surface area (Å²) in [5.74, 6) is -1.01. The summed E-state index contributed by atoms with van der Waals surface area (Å²) in [6, 6.07) is 17.0. The van der Waals surface area contributed by atoms with Crippen LogP contribution in [0.25, 0.3) is 0 Å². The van der Waals surface area contributed by atoms with Crippen molar-refractivity contribution in [2.24, 2.45) is 5.73 Å². The van der Waals surface area contributed by atoms with Crippen molar-refractivity contribution in [3.63, 3.8) is 0 Å². The number of halogens is 3. The predicted octanol–water partition coefficient (Wildman–Crippen LogP) is 5.59. The third-order valence-corrected chi connectivity index (χ3v) is 3.48. The number of carbonyl (C=O) groups excluding carboxylic acids is 4. The fourth-order valence-corrected chi connectivity index (χ4v) is 2.19. The summed E-state index contributed by atoms with van der Waals surface area (Å²) in [4.78, 5) is 52.5. The minimum absolute atomic E-state index is 0. The maximum atomic E-state index is 11.2. The molecule has 0 radical (unpaired) electrons. The highest BCUT2D eigenvalue weighted by Crippen LogP contribution is 2.09. The lowest BCUT2D eigenvalue weighted by atomic mass is 10.2. The molecule has 0 heterocycles. The topological polar surface area (TPSA) is 186 Å². The van der Waals surface area contributed by atoms with E-state index in [1.165, 1.54) is 6.92 Å². The smallest absolute Gasteiger partial charge is 0.463 e. The molecule has 12 nitrogen and oxygen atoms in total. The van der Waals surface area contributed by atoms with E-state index in [0.29, 0.717) is 11.5 Å². The maximum absolute atomic E-state index is 11.2. The molecule has 0 aromatic heterocycles. The van der Waals surface area contributed by atoms with Crippen LogP contribution in [0.3, 0.4) is 0 Å². The molecule has 2 rings (SSSR count). The van der Waals surface area contributed by atoms with Crippen molar-refractivity contribution in [1.29, 1.82) is 0 Å². The Morgan fingerprint density at radius 2 is 1.35 bits per heavy atom. The minimum Gasteiger partial charge on any atom is -0.463 e. The highest BCUT2D eigenvalue weighted by atomic mass is 36.0. The van der Waals surface area contributed by atoms with Crippen LogP contribution in [0.2, 0.25) is 0 Å². The quantitative estimate of drug-likeness (QED) is 0.207. The van der Waals surface area contributed by atoms with Crippen LogP contribution in [0.4, 0.5) is 9.59 Å². The average molecular weight is 647 g/mol. The molecule has 3 N–H and O–H groups in total. The van der Waals surface area contributed by atoms with Crippen LogP contribution in [0.5, 0.6) is 11.5 Å². The first-order valence-electron chi connectivity index (χ1n) is 10.5. The summed E-state index contributed by atoms with van der Waals surface area (Å²) in [5.41, 5.74) is 4.10. The number of para-hydroxylation sites is 2. The first-order chi connectivity index (χ1) is 18.3. The summed E-state index contributed by atoms with van der Waals surface area (Å²) in [5, 5.41) is 8.14. The molecule has 40 heavy (non-hydrogen) atoms. The molecule has 2 aromatic carbocycles. The standard InChI is InChI=1S/C9H15NO5.C7H5ClO2.C7H6O3.CH4.Cl2OS/c1-3-14-9(13)7(15-6(2)11)4-5-8(10)12;2*8-7(9)10-6-4-2-1-3-5-6;;1-4(2)3/h7H,3-5H2,1-2H3,(H2,10,12);1-5H;1-5H,(H,8,9);1H4;. The Morgan fingerprint density at radius 3 is 1.68 bits per heavy atom. The van der Waals surface area contributed by atoms with Gasteiger partial charge >= 0.3 is 23.5 Å². The molecular weight excluding hydrogens is 617 g/mol. The zero-order chi connectivity index (χ0) is 30.2. The van der Waals surface area contributed by atoms with Crippen molar-refractivity contribution in [3.8, 4) is 11.5 Å². The summed E-state index contributed by atoms with van der Waals surface area (Å²) in [6.07, 6.45) is -2.31. The van der Waals surface area contributed by atoms with E-state index in [0.717, 1.165) is 0 Å². The molecule has 0 aliphatic rings. The average Bonchev–Trinajstić information content (AvgIpc) is 2.82. The second-order valence-corrected chi connectivity index (χ2v) is 9.21. The second kappa shape index (κ2) is 25.9. The molecule has 16 heteroatoms. The predicted molar refractivity (Wildman–Crippen MR) is 151 cm³/mol. The molecule has 1 amide bonds. The van der Waals surface area contributed by atoms with E-state index < -0.39 is 44.8 Å². The number of primary amides is 1. The first kappa shape index (κ1) is 41.1. The molecule has 2 aromatic rings. The monoisotopic (exact) mass is 645 g/mol. The van der Waals surface area contributed by atoms with Gasteiger partial charge in [-0.2, -0.15) is 0 Å². The Hall–Kier alpha value is -3.39. The number of carbonyl (C=O) groups is 5. The van der Waals surface area contributed by atoms with Gasteiger partial charge in [-0.05, 0) is 31.2 Å². The molecule has 1 atom stereocenters. The van der Waals surface area contributed by atoms with Gasteiger partial charge in [-0.25, -0.2) is 18.6 Å². The van der Waals surface area contributed by atoms with Crippen molar-refractivity contribution in [2.75, 3.05) is 6.61 Å². The number of amides is 1. The van der Waals surface area contributed by atoms with Crippen LogP contribution in [-0.4, -0.2) is 51.5 Å². The number of benzene rings is 2. The van der Waals surface area contributed by atoms with Gasteiger partial charge in [-0.3, -0.25) is 9.59 Å². The van der Waals surface area contributed by atoms with Crippen LogP contribution in [0.15, 0.2) is 60.7 Å². The molecule has 0 aliphatic carbocycles. The molecule has 0 fully saturated rings. The van der Waals surface area contributed by atoms with Crippen LogP contribution >= 0.6 is 33.0 Å². The number of ether oxygens (including phenoxy) is 4. The number of nitrogens with two attached hydrogens (primary N) is 1. The van der Waals surface area contributed by atoms with E-state index in [1.54, 1.807) is 61.5 Å². The third kappa shape index (κ3) is 29.2. The molecule has 0 saturated heterocycles. The summed E-state index contributed by atoms with van der Waals surface area (Å²) in [7, 11) is 7.36. The summed E-state index contributed by atoms with van der Waals surface area (Å²) >= 11 is 4.95. The lowest BCUT2D eigenvalue weighted by molar-refractivity contribution is -0.167. The zero-order valence-corrected chi connectivity index (χ0v) is 23.7. The number of rotatable bonds is 8. The number of hydrogen-bond acceptors (Lipinski definition) is 10. The van der Waals surface area contributed by atoms with Crippen molar-refractivity contribution in [2.45, 2.75) is 40.2 Å². The fraction of sp³-hybridized carbons (Fsp3) is 0.292. The largest absolute Gasteiger partial charge is 0.511 e. The van der Waals surface area contributed by atoms with E-state index in [9.17, 15) is 24.0 Å². The Balaban J connectivity index is -0.000000485. The minimum atomic E-state index is -1.67. The van der Waals surface area contributed by atoms with E-state index in [4.69, 9.17) is 31.4 Å². The van der Waals surface area contributed by atoms with Gasteiger partial charge in [-0.1, -0.05) is 43.8 Å². The van der Waals surface area contributed by atoms with Crippen LogP contribution in [0.1, 0.15) is 34.1 Å². The van der Waals surface area contributed by atoms with Crippen LogP contribution in [-0.2, 0) is 33.1 Å². The van der Waals surface area contributed by atoms with Gasteiger partial charge in [0.05, 0.1) is 6.61 Å². The van der Waals surface area contributed by atoms with Gasteiger partial charge in [0.15, 0.2) is 6.10 Å². The SMILES string of the molecule is C.CCOC(=O)C(CCC(N)=O)OC(C)=O.O=C(Cl)Oc1ccccc1.O=C(O)Oc1ccccc1.O=S(Cl)Cl. The molecule has 0 bridgehead atoms. The van der Waals surface area contributed by atoms with Gasteiger partial charge in [-0.15, -0.1) is 0 Å². The highest BCUT2D eigenvalue weighted by Gasteiger charge is 2.23. The molecule has 0 aliphatic heterocycles. The van der Waals surface area contributed by atoms with E-state index >= 15 is 0 Å². The molecule has 0 saturated carbocycles. The van der Waals surface area contributed by atoms with Crippen LogP contribution < -0.4 is 15.2 Å². The third-order valence-electron chi connectivity index (χ3n) is 3.40. The second-order valence-electron chi connectivity index (χ2n) is 6.37. The molecular formula is C24H30Cl3NO11S. The number of esters is 2. The summed E-state index contributed by atoms with van der Waals surface area (Å²) < 4.78 is 27.3. The fourth-order valence-electron chi connectivity index (χ4n) is 2.10. The maximum Gasteiger partial charge on any atom is 0.511 e. The van der Waals surface area contributed by atoms with Gasteiger partial charge in [0, 0.05) is 52.7 Å². The zero-order valence-electron chi connectivity index (χ0n) is 20.6. The Labute approximate surface area is 248 Å². The van der Waals surface area contributed by atoms with Crippen LogP contribution in [0, 0.1) is 0 Å². The highest BCUT2D eigenvalue weighted by molar-refractivity contribution is 8.26.